The molecule has 1 unspecified atom stereocenters. The summed E-state index contributed by atoms with van der Waals surface area (Å²) in [6.07, 6.45) is 5.21. The number of aromatic nitrogens is 2. The Kier molecular flexibility index (Phi) is 6.27. The molecule has 1 aromatic heterocycles. The first kappa shape index (κ1) is 17.9. The Morgan fingerprint density at radius 1 is 1.25 bits per heavy atom. The number of piperidine rings is 1. The second-order valence-electron chi connectivity index (χ2n) is 7.04. The number of hydrogen-bond donors (Lipinski definition) is 1. The molecule has 3 rings (SSSR count). The summed E-state index contributed by atoms with van der Waals surface area (Å²) < 4.78 is 13.6. The summed E-state index contributed by atoms with van der Waals surface area (Å²) in [4.78, 5) is 2.49. The number of hydrogen-bond acceptors (Lipinski definition) is 5. The number of nitrogens with zero attached hydrogens (tertiary/aromatic N) is 3. The molecule has 2 aliphatic rings. The summed E-state index contributed by atoms with van der Waals surface area (Å²) in [7, 11) is 0. The minimum atomic E-state index is 0.134. The minimum Gasteiger partial charge on any atom is -0.394 e. The maximum atomic E-state index is 9.13. The molecule has 2 aliphatic heterocycles. The zero-order valence-electron chi connectivity index (χ0n) is 15.0. The third kappa shape index (κ3) is 4.36. The number of aliphatic hydroxyl groups is 1. The van der Waals surface area contributed by atoms with Crippen LogP contribution in [0.15, 0.2) is 0 Å². The van der Waals surface area contributed by atoms with E-state index in [1.54, 1.807) is 0 Å². The van der Waals surface area contributed by atoms with E-state index in [1.807, 2.05) is 4.68 Å². The average molecular weight is 337 g/mol. The van der Waals surface area contributed by atoms with Crippen molar-refractivity contribution in [2.75, 3.05) is 32.9 Å². The molecule has 1 aromatic rings. The molecule has 0 bridgehead atoms. The lowest BCUT2D eigenvalue weighted by Crippen LogP contribution is -2.37. The molecule has 136 valence electrons. The maximum Gasteiger partial charge on any atom is 0.0809 e. The van der Waals surface area contributed by atoms with E-state index in [0.29, 0.717) is 18.8 Å². The van der Waals surface area contributed by atoms with Crippen molar-refractivity contribution < 1.29 is 14.6 Å². The third-order valence-corrected chi connectivity index (χ3v) is 5.30. The Bertz CT molecular complexity index is 518. The van der Waals surface area contributed by atoms with Gasteiger partial charge in [-0.25, -0.2) is 0 Å². The first-order chi connectivity index (χ1) is 11.7. The van der Waals surface area contributed by atoms with Crippen LogP contribution in [0.5, 0.6) is 0 Å². The summed E-state index contributed by atoms with van der Waals surface area (Å²) in [6, 6.07) is 0. The summed E-state index contributed by atoms with van der Waals surface area (Å²) in [5, 5.41) is 13.7. The van der Waals surface area contributed by atoms with Gasteiger partial charge in [0.25, 0.3) is 0 Å². The highest BCUT2D eigenvalue weighted by Gasteiger charge is 2.24. The van der Waals surface area contributed by atoms with E-state index in [2.05, 4.69) is 23.8 Å². The lowest BCUT2D eigenvalue weighted by Gasteiger charge is -2.32. The normalized spacial score (nSPS) is 23.2. The van der Waals surface area contributed by atoms with Crippen molar-refractivity contribution in [1.82, 2.24) is 14.7 Å². The van der Waals surface area contributed by atoms with Gasteiger partial charge in [-0.15, -0.1) is 0 Å². The molecule has 0 aliphatic carbocycles. The van der Waals surface area contributed by atoms with Crippen LogP contribution in [-0.2, 0) is 22.6 Å². The van der Waals surface area contributed by atoms with Crippen molar-refractivity contribution in [3.8, 4) is 0 Å². The molecule has 2 saturated heterocycles. The molecular weight excluding hydrogens is 306 g/mol. The first-order valence-corrected chi connectivity index (χ1v) is 9.26. The molecule has 0 spiro atoms. The highest BCUT2D eigenvalue weighted by atomic mass is 16.5. The van der Waals surface area contributed by atoms with Crippen LogP contribution in [-0.4, -0.2) is 64.9 Å². The molecule has 3 heterocycles. The largest absolute Gasteiger partial charge is 0.394 e. The van der Waals surface area contributed by atoms with E-state index in [-0.39, 0.29) is 6.61 Å². The van der Waals surface area contributed by atoms with E-state index in [4.69, 9.17) is 14.6 Å². The number of ether oxygens (including phenoxy) is 2. The summed E-state index contributed by atoms with van der Waals surface area (Å²) in [6.45, 7) is 9.62. The lowest BCUT2D eigenvalue weighted by molar-refractivity contribution is -0.0427. The highest BCUT2D eigenvalue weighted by molar-refractivity contribution is 5.24. The van der Waals surface area contributed by atoms with Gasteiger partial charge in [0.05, 0.1) is 37.7 Å². The molecule has 6 nitrogen and oxygen atoms in total. The quantitative estimate of drug-likeness (QED) is 0.820. The molecule has 2 fully saturated rings. The van der Waals surface area contributed by atoms with Gasteiger partial charge in [0.1, 0.15) is 0 Å². The molecular formula is C18H31N3O3. The van der Waals surface area contributed by atoms with Gasteiger partial charge in [-0.05, 0) is 39.5 Å². The summed E-state index contributed by atoms with van der Waals surface area (Å²) >= 11 is 0. The van der Waals surface area contributed by atoms with Crippen molar-refractivity contribution in [2.24, 2.45) is 0 Å². The van der Waals surface area contributed by atoms with E-state index in [1.165, 1.54) is 17.7 Å². The lowest BCUT2D eigenvalue weighted by atomic mass is 10.1. The zero-order valence-corrected chi connectivity index (χ0v) is 15.0. The highest BCUT2D eigenvalue weighted by Crippen LogP contribution is 2.21. The van der Waals surface area contributed by atoms with Crippen LogP contribution in [0.25, 0.3) is 0 Å². The third-order valence-electron chi connectivity index (χ3n) is 5.30. The summed E-state index contributed by atoms with van der Waals surface area (Å²) in [5.41, 5.74) is 3.57. The molecule has 24 heavy (non-hydrogen) atoms. The molecule has 0 saturated carbocycles. The van der Waals surface area contributed by atoms with E-state index in [9.17, 15) is 0 Å². The predicted molar refractivity (Wildman–Crippen MR) is 92.0 cm³/mol. The Balaban J connectivity index is 1.45. The standard InChI is InChI=1S/C18H31N3O3/c1-14-18(15(2)21(19-14)9-10-22)12-20-7-5-16(6-8-20)24-13-17-4-3-11-23-17/h16-17,22H,3-13H2,1-2H3. The second kappa shape index (κ2) is 8.43. The fourth-order valence-electron chi connectivity index (χ4n) is 3.75. The van der Waals surface area contributed by atoms with Gasteiger partial charge in [-0.3, -0.25) is 9.58 Å². The van der Waals surface area contributed by atoms with Crippen molar-refractivity contribution in [3.05, 3.63) is 17.0 Å². The van der Waals surface area contributed by atoms with Crippen molar-refractivity contribution >= 4 is 0 Å². The fourth-order valence-corrected chi connectivity index (χ4v) is 3.75. The molecule has 1 N–H and O–H groups in total. The van der Waals surface area contributed by atoms with Crippen LogP contribution in [0, 0.1) is 13.8 Å². The molecule has 0 amide bonds. The number of aryl methyl sites for hydroxylation is 1. The topological polar surface area (TPSA) is 59.8 Å². The van der Waals surface area contributed by atoms with Crippen LogP contribution < -0.4 is 0 Å². The molecule has 1 atom stereocenters. The SMILES string of the molecule is Cc1nn(CCO)c(C)c1CN1CCC(OCC2CCCO2)CC1. The van der Waals surface area contributed by atoms with Gasteiger partial charge < -0.3 is 14.6 Å². The number of likely N-dealkylation sites (tertiary alicyclic amines) is 1. The van der Waals surface area contributed by atoms with Gasteiger partial charge in [-0.2, -0.15) is 5.10 Å². The monoisotopic (exact) mass is 337 g/mol. The zero-order chi connectivity index (χ0) is 16.9. The van der Waals surface area contributed by atoms with Gasteiger partial charge >= 0.3 is 0 Å². The molecule has 0 aromatic carbocycles. The van der Waals surface area contributed by atoms with E-state index >= 15 is 0 Å². The first-order valence-electron chi connectivity index (χ1n) is 9.26. The van der Waals surface area contributed by atoms with Gasteiger partial charge in [0.15, 0.2) is 0 Å². The van der Waals surface area contributed by atoms with E-state index in [0.717, 1.165) is 57.8 Å². The number of aliphatic hydroxyl groups excluding tert-OH is 1. The molecule has 0 radical (unpaired) electrons. The fraction of sp³-hybridized carbons (Fsp3) is 0.833. The Hall–Kier alpha value is -0.950. The van der Waals surface area contributed by atoms with Crippen LogP contribution >= 0.6 is 0 Å². The Morgan fingerprint density at radius 3 is 2.71 bits per heavy atom. The number of rotatable bonds is 7. The maximum absolute atomic E-state index is 9.13. The predicted octanol–water partition coefficient (Wildman–Crippen LogP) is 1.65. The van der Waals surface area contributed by atoms with Crippen LogP contribution in [0.2, 0.25) is 0 Å². The smallest absolute Gasteiger partial charge is 0.0809 e. The van der Waals surface area contributed by atoms with Crippen LogP contribution in [0.1, 0.15) is 42.6 Å². The minimum absolute atomic E-state index is 0.134. The Morgan fingerprint density at radius 2 is 2.04 bits per heavy atom. The Labute approximate surface area is 144 Å². The van der Waals surface area contributed by atoms with Crippen LogP contribution in [0.4, 0.5) is 0 Å². The van der Waals surface area contributed by atoms with Crippen molar-refractivity contribution in [3.63, 3.8) is 0 Å². The van der Waals surface area contributed by atoms with Gasteiger partial charge in [0.2, 0.25) is 0 Å². The van der Waals surface area contributed by atoms with Crippen molar-refractivity contribution in [2.45, 2.75) is 64.8 Å². The van der Waals surface area contributed by atoms with Crippen LogP contribution in [0.3, 0.4) is 0 Å². The second-order valence-corrected chi connectivity index (χ2v) is 7.04. The van der Waals surface area contributed by atoms with E-state index < -0.39 is 0 Å². The summed E-state index contributed by atoms with van der Waals surface area (Å²) in [5.74, 6) is 0. The van der Waals surface area contributed by atoms with Gasteiger partial charge in [-0.1, -0.05) is 0 Å². The van der Waals surface area contributed by atoms with Crippen molar-refractivity contribution in [1.29, 1.82) is 0 Å². The molecule has 6 heteroatoms. The van der Waals surface area contributed by atoms with Gasteiger partial charge in [0, 0.05) is 37.5 Å². The average Bonchev–Trinajstić information content (AvgIpc) is 3.19.